The van der Waals surface area contributed by atoms with Crippen molar-refractivity contribution in [3.8, 4) is 0 Å². The van der Waals surface area contributed by atoms with Crippen molar-refractivity contribution in [3.63, 3.8) is 0 Å². The highest BCUT2D eigenvalue weighted by Crippen LogP contribution is 2.32. The topological polar surface area (TPSA) is 36.9 Å². The summed E-state index contributed by atoms with van der Waals surface area (Å²) in [4.78, 5) is 0. The Morgan fingerprint density at radius 1 is 1.21 bits per heavy atom. The van der Waals surface area contributed by atoms with Gasteiger partial charge in [-0.1, -0.05) is 0 Å². The van der Waals surface area contributed by atoms with Crippen LogP contribution in [-0.4, -0.2) is 31.7 Å². The molecule has 4 nitrogen and oxygen atoms in total. The zero-order chi connectivity index (χ0) is 10.0. The molecule has 3 atom stereocenters. The monoisotopic (exact) mass is 220 g/mol. The summed E-state index contributed by atoms with van der Waals surface area (Å²) in [5.74, 6) is -0.0951. The van der Waals surface area contributed by atoms with Gasteiger partial charge in [-0.25, -0.2) is 0 Å². The molecule has 2 saturated heterocycles. The lowest BCUT2D eigenvalue weighted by Crippen LogP contribution is -2.47. The SMILES string of the molecule is CC1(C)OCC2COPOCCC2O1. The predicted molar refractivity (Wildman–Crippen MR) is 53.2 cm³/mol. The highest BCUT2D eigenvalue weighted by atomic mass is 31.1. The molecule has 2 heterocycles. The van der Waals surface area contributed by atoms with E-state index in [1.54, 1.807) is 0 Å². The van der Waals surface area contributed by atoms with Crippen LogP contribution in [-0.2, 0) is 18.5 Å². The first-order valence-corrected chi connectivity index (χ1v) is 5.79. The fourth-order valence-corrected chi connectivity index (χ4v) is 2.33. The second-order valence-electron chi connectivity index (χ2n) is 4.16. The first kappa shape index (κ1) is 10.8. The van der Waals surface area contributed by atoms with Gasteiger partial charge in [0.2, 0.25) is 0 Å². The van der Waals surface area contributed by atoms with Gasteiger partial charge in [-0.3, -0.25) is 0 Å². The number of fused-ring (bicyclic) bond motifs is 1. The first-order chi connectivity index (χ1) is 6.67. The van der Waals surface area contributed by atoms with Gasteiger partial charge in [0.1, 0.15) is 0 Å². The molecule has 0 spiro atoms. The van der Waals surface area contributed by atoms with Crippen molar-refractivity contribution in [2.24, 2.45) is 5.92 Å². The van der Waals surface area contributed by atoms with E-state index < -0.39 is 5.79 Å². The van der Waals surface area contributed by atoms with E-state index in [4.69, 9.17) is 18.5 Å². The molecule has 14 heavy (non-hydrogen) atoms. The van der Waals surface area contributed by atoms with E-state index >= 15 is 0 Å². The lowest BCUT2D eigenvalue weighted by Gasteiger charge is -2.41. The average molecular weight is 220 g/mol. The molecule has 0 aromatic rings. The van der Waals surface area contributed by atoms with Crippen molar-refractivity contribution >= 4 is 9.03 Å². The van der Waals surface area contributed by atoms with Crippen LogP contribution in [0.3, 0.4) is 0 Å². The molecule has 5 heteroatoms. The van der Waals surface area contributed by atoms with E-state index in [2.05, 4.69) is 0 Å². The maximum atomic E-state index is 5.83. The molecule has 0 amide bonds. The van der Waals surface area contributed by atoms with E-state index in [-0.39, 0.29) is 15.1 Å². The van der Waals surface area contributed by atoms with Gasteiger partial charge in [0, 0.05) is 5.92 Å². The molecule has 2 aliphatic rings. The molecule has 0 N–H and O–H groups in total. The van der Waals surface area contributed by atoms with E-state index in [0.29, 0.717) is 12.5 Å². The van der Waals surface area contributed by atoms with Crippen molar-refractivity contribution in [3.05, 3.63) is 0 Å². The van der Waals surface area contributed by atoms with Gasteiger partial charge in [-0.05, 0) is 20.3 Å². The molecule has 3 unspecified atom stereocenters. The Hall–Kier alpha value is 0.270. The van der Waals surface area contributed by atoms with Crippen LogP contribution in [0.5, 0.6) is 0 Å². The average Bonchev–Trinajstić information content (AvgIpc) is 2.07. The number of hydrogen-bond donors (Lipinski definition) is 0. The van der Waals surface area contributed by atoms with Gasteiger partial charge >= 0.3 is 0 Å². The van der Waals surface area contributed by atoms with Crippen LogP contribution in [0.25, 0.3) is 0 Å². The summed E-state index contributed by atoms with van der Waals surface area (Å²) >= 11 is 0. The molecule has 0 aromatic heterocycles. The summed E-state index contributed by atoms with van der Waals surface area (Å²) in [6.45, 7) is 6.02. The Morgan fingerprint density at radius 3 is 2.93 bits per heavy atom. The highest BCUT2D eigenvalue weighted by molar-refractivity contribution is 7.26. The Balaban J connectivity index is 1.96. The van der Waals surface area contributed by atoms with Gasteiger partial charge in [0.15, 0.2) is 14.8 Å². The summed E-state index contributed by atoms with van der Waals surface area (Å²) in [6.07, 6.45) is 1.15. The van der Waals surface area contributed by atoms with Gasteiger partial charge in [-0.2, -0.15) is 0 Å². The lowest BCUT2D eigenvalue weighted by atomic mass is 10.00. The number of rotatable bonds is 0. The van der Waals surface area contributed by atoms with Crippen LogP contribution < -0.4 is 0 Å². The van der Waals surface area contributed by atoms with E-state index in [0.717, 1.165) is 19.6 Å². The third-order valence-corrected chi connectivity index (χ3v) is 3.13. The fraction of sp³-hybridized carbons (Fsp3) is 1.00. The molecule has 0 saturated carbocycles. The minimum Gasteiger partial charge on any atom is -0.350 e. The van der Waals surface area contributed by atoms with Crippen LogP contribution >= 0.6 is 9.03 Å². The van der Waals surface area contributed by atoms with E-state index in [1.165, 1.54) is 0 Å². The zero-order valence-corrected chi connectivity index (χ0v) is 9.62. The Labute approximate surface area is 86.2 Å². The molecule has 0 aromatic carbocycles. The molecule has 0 radical (unpaired) electrons. The van der Waals surface area contributed by atoms with E-state index in [9.17, 15) is 0 Å². The summed E-state index contributed by atoms with van der Waals surface area (Å²) < 4.78 is 22.1. The maximum absolute atomic E-state index is 5.83. The standard InChI is InChI=1S/C9H17O4P/c1-9(2)10-5-7-6-12-14-11-4-3-8(7)13-9/h7-8,14H,3-6H2,1-2H3. The van der Waals surface area contributed by atoms with Crippen molar-refractivity contribution < 1.29 is 18.5 Å². The predicted octanol–water partition coefficient (Wildman–Crippen LogP) is 1.70. The van der Waals surface area contributed by atoms with Gasteiger partial charge in [0.05, 0.1) is 25.9 Å². The van der Waals surface area contributed by atoms with Crippen LogP contribution in [0, 0.1) is 5.92 Å². The number of hydrogen-bond acceptors (Lipinski definition) is 4. The highest BCUT2D eigenvalue weighted by Gasteiger charge is 2.36. The zero-order valence-electron chi connectivity index (χ0n) is 8.62. The Bertz CT molecular complexity index is 197. The van der Waals surface area contributed by atoms with E-state index in [1.807, 2.05) is 13.8 Å². The summed E-state index contributed by atoms with van der Waals surface area (Å²) in [6, 6.07) is 0. The van der Waals surface area contributed by atoms with Gasteiger partial charge < -0.3 is 18.5 Å². The minimum absolute atomic E-state index is 0.169. The molecule has 0 aliphatic carbocycles. The molecule has 2 fully saturated rings. The Morgan fingerprint density at radius 2 is 2.07 bits per heavy atom. The third kappa shape index (κ3) is 2.65. The second-order valence-corrected chi connectivity index (χ2v) is 4.90. The quantitative estimate of drug-likeness (QED) is 0.582. The Kier molecular flexibility index (Phi) is 3.40. The first-order valence-electron chi connectivity index (χ1n) is 4.98. The summed E-state index contributed by atoms with van der Waals surface area (Å²) in [7, 11) is 0.169. The van der Waals surface area contributed by atoms with Crippen LogP contribution in [0.4, 0.5) is 0 Å². The molecule has 2 aliphatic heterocycles. The maximum Gasteiger partial charge on any atom is 0.163 e. The molecule has 82 valence electrons. The normalized spacial score (nSPS) is 39.9. The van der Waals surface area contributed by atoms with Crippen molar-refractivity contribution in [2.75, 3.05) is 19.8 Å². The molecule has 2 rings (SSSR count). The van der Waals surface area contributed by atoms with Crippen molar-refractivity contribution in [1.29, 1.82) is 0 Å². The number of ether oxygens (including phenoxy) is 2. The summed E-state index contributed by atoms with van der Waals surface area (Å²) in [5, 5.41) is 0. The third-order valence-electron chi connectivity index (χ3n) is 2.53. The molecular weight excluding hydrogens is 203 g/mol. The fourth-order valence-electron chi connectivity index (χ4n) is 1.76. The largest absolute Gasteiger partial charge is 0.350 e. The van der Waals surface area contributed by atoms with Crippen molar-refractivity contribution in [1.82, 2.24) is 0 Å². The van der Waals surface area contributed by atoms with Crippen LogP contribution in [0.2, 0.25) is 0 Å². The summed E-state index contributed by atoms with van der Waals surface area (Å²) in [5.41, 5.74) is 0. The second kappa shape index (κ2) is 4.42. The smallest absolute Gasteiger partial charge is 0.163 e. The molecule has 0 bridgehead atoms. The molecular formula is C9H17O4P. The lowest BCUT2D eigenvalue weighted by molar-refractivity contribution is -0.297. The van der Waals surface area contributed by atoms with Crippen LogP contribution in [0.15, 0.2) is 0 Å². The van der Waals surface area contributed by atoms with Gasteiger partial charge in [-0.15, -0.1) is 0 Å². The van der Waals surface area contributed by atoms with Gasteiger partial charge in [0.25, 0.3) is 0 Å². The minimum atomic E-state index is -0.456. The van der Waals surface area contributed by atoms with Crippen LogP contribution in [0.1, 0.15) is 20.3 Å². The van der Waals surface area contributed by atoms with Crippen molar-refractivity contribution in [2.45, 2.75) is 32.2 Å².